The molecule has 7 heteroatoms. The van der Waals surface area contributed by atoms with Crippen molar-refractivity contribution in [3.63, 3.8) is 0 Å². The van der Waals surface area contributed by atoms with E-state index in [1.54, 1.807) is 24.1 Å². The fraction of sp³-hybridized carbons (Fsp3) is 0.462. The first-order valence-corrected chi connectivity index (χ1v) is 5.95. The molecule has 1 amide bonds. The Bertz CT molecular complexity index is 419. The van der Waals surface area contributed by atoms with E-state index in [1.807, 2.05) is 7.05 Å². The summed E-state index contributed by atoms with van der Waals surface area (Å²) in [5.41, 5.74) is 0.652. The van der Waals surface area contributed by atoms with E-state index in [0.717, 1.165) is 0 Å². The molecule has 0 spiro atoms. The molecular weight excluding hydrogens is 290 g/mol. The molecule has 0 atom stereocenters. The number of likely N-dealkylation sites (N-methyl/N-ethyl adjacent to an activating group) is 2. The number of hydrogen-bond donors (Lipinski definition) is 1. The minimum Gasteiger partial charge on any atom is -0.435 e. The van der Waals surface area contributed by atoms with Crippen molar-refractivity contribution in [3.8, 4) is 5.75 Å². The number of alkyl halides is 2. The van der Waals surface area contributed by atoms with Gasteiger partial charge in [0.1, 0.15) is 5.75 Å². The van der Waals surface area contributed by atoms with Crippen LogP contribution >= 0.6 is 12.4 Å². The maximum absolute atomic E-state index is 12.1. The van der Waals surface area contributed by atoms with E-state index in [1.165, 1.54) is 12.1 Å². The van der Waals surface area contributed by atoms with Crippen LogP contribution in [0.25, 0.3) is 0 Å². The number of ether oxygens (including phenoxy) is 1. The van der Waals surface area contributed by atoms with Crippen molar-refractivity contribution >= 4 is 18.3 Å². The van der Waals surface area contributed by atoms with Crippen LogP contribution in [0.3, 0.4) is 0 Å². The number of benzene rings is 1. The second-order valence-electron chi connectivity index (χ2n) is 4.12. The van der Waals surface area contributed by atoms with E-state index in [9.17, 15) is 13.6 Å². The Balaban J connectivity index is 0.00000361. The smallest absolute Gasteiger partial charge is 0.387 e. The van der Waals surface area contributed by atoms with Gasteiger partial charge in [-0.2, -0.15) is 8.78 Å². The first kappa shape index (κ1) is 18.6. The maximum atomic E-state index is 12.1. The molecule has 0 unspecified atom stereocenters. The van der Waals surface area contributed by atoms with E-state index in [4.69, 9.17) is 0 Å². The van der Waals surface area contributed by atoms with Gasteiger partial charge in [0, 0.05) is 20.1 Å². The largest absolute Gasteiger partial charge is 0.435 e. The third-order valence-corrected chi connectivity index (χ3v) is 2.60. The average Bonchev–Trinajstić information content (AvgIpc) is 2.35. The van der Waals surface area contributed by atoms with Gasteiger partial charge >= 0.3 is 6.61 Å². The number of hydrogen-bond acceptors (Lipinski definition) is 3. The van der Waals surface area contributed by atoms with Gasteiger partial charge in [-0.3, -0.25) is 4.79 Å². The second kappa shape index (κ2) is 9.50. The summed E-state index contributed by atoms with van der Waals surface area (Å²) in [4.78, 5) is 13.5. The topological polar surface area (TPSA) is 41.6 Å². The first-order chi connectivity index (χ1) is 9.02. The monoisotopic (exact) mass is 308 g/mol. The maximum Gasteiger partial charge on any atom is 0.387 e. The molecule has 0 saturated heterocycles. The van der Waals surface area contributed by atoms with Crippen LogP contribution in [0.2, 0.25) is 0 Å². The van der Waals surface area contributed by atoms with Crippen molar-refractivity contribution in [2.75, 3.05) is 27.2 Å². The van der Waals surface area contributed by atoms with Crippen LogP contribution in [0.15, 0.2) is 24.3 Å². The molecule has 0 aliphatic heterocycles. The summed E-state index contributed by atoms with van der Waals surface area (Å²) < 4.78 is 28.4. The molecule has 1 aromatic carbocycles. The van der Waals surface area contributed by atoms with Crippen molar-refractivity contribution in [1.29, 1.82) is 0 Å². The minimum atomic E-state index is -2.86. The van der Waals surface area contributed by atoms with Gasteiger partial charge in [0.2, 0.25) is 5.91 Å². The number of amides is 1. The van der Waals surface area contributed by atoms with Crippen LogP contribution in [0, 0.1) is 0 Å². The SMILES string of the molecule is CNCCN(C)C(=O)Cc1cccc(OC(F)F)c1.Cl. The summed E-state index contributed by atoms with van der Waals surface area (Å²) in [5, 5.41) is 2.95. The van der Waals surface area contributed by atoms with Crippen molar-refractivity contribution in [2.24, 2.45) is 0 Å². The lowest BCUT2D eigenvalue weighted by Crippen LogP contribution is -2.33. The Morgan fingerprint density at radius 2 is 2.15 bits per heavy atom. The Labute approximate surface area is 123 Å². The Hall–Kier alpha value is -1.40. The molecule has 0 aliphatic carbocycles. The van der Waals surface area contributed by atoms with E-state index in [2.05, 4.69) is 10.1 Å². The standard InChI is InChI=1S/C13H18F2N2O2.ClH/c1-16-6-7-17(2)12(18)9-10-4-3-5-11(8-10)19-13(14)15;/h3-5,8,13,16H,6-7,9H2,1-2H3;1H. The molecule has 1 rings (SSSR count). The molecule has 0 saturated carbocycles. The molecule has 1 aromatic rings. The Morgan fingerprint density at radius 1 is 1.45 bits per heavy atom. The van der Waals surface area contributed by atoms with Gasteiger partial charge in [0.05, 0.1) is 6.42 Å². The predicted molar refractivity (Wildman–Crippen MR) is 75.6 cm³/mol. The van der Waals surface area contributed by atoms with Gasteiger partial charge in [0.25, 0.3) is 0 Å². The zero-order valence-electron chi connectivity index (χ0n) is 11.4. The van der Waals surface area contributed by atoms with Gasteiger partial charge in [-0.15, -0.1) is 12.4 Å². The number of nitrogens with zero attached hydrogens (tertiary/aromatic N) is 1. The molecule has 114 valence electrons. The summed E-state index contributed by atoms with van der Waals surface area (Å²) >= 11 is 0. The fourth-order valence-electron chi connectivity index (χ4n) is 1.55. The zero-order valence-corrected chi connectivity index (χ0v) is 12.3. The van der Waals surface area contributed by atoms with E-state index in [0.29, 0.717) is 18.7 Å². The minimum absolute atomic E-state index is 0. The molecule has 1 N–H and O–H groups in total. The molecule has 0 aromatic heterocycles. The van der Waals surface area contributed by atoms with E-state index in [-0.39, 0.29) is 30.5 Å². The second-order valence-corrected chi connectivity index (χ2v) is 4.12. The lowest BCUT2D eigenvalue weighted by molar-refractivity contribution is -0.129. The Kier molecular flexibility index (Phi) is 8.83. The van der Waals surface area contributed by atoms with E-state index < -0.39 is 6.61 Å². The van der Waals surface area contributed by atoms with Crippen LogP contribution in [0.5, 0.6) is 5.75 Å². The molecule has 0 bridgehead atoms. The molecule has 4 nitrogen and oxygen atoms in total. The van der Waals surface area contributed by atoms with Crippen molar-refractivity contribution in [1.82, 2.24) is 10.2 Å². The predicted octanol–water partition coefficient (Wildman–Crippen LogP) is 1.93. The third kappa shape index (κ3) is 6.68. The third-order valence-electron chi connectivity index (χ3n) is 2.60. The summed E-state index contributed by atoms with van der Waals surface area (Å²) in [6.45, 7) is -1.55. The highest BCUT2D eigenvalue weighted by Crippen LogP contribution is 2.16. The van der Waals surface area contributed by atoms with Crippen molar-refractivity contribution in [3.05, 3.63) is 29.8 Å². The van der Waals surface area contributed by atoms with Crippen LogP contribution in [0.4, 0.5) is 8.78 Å². The van der Waals surface area contributed by atoms with Gasteiger partial charge in [0.15, 0.2) is 0 Å². The van der Waals surface area contributed by atoms with Crippen LogP contribution in [-0.4, -0.2) is 44.6 Å². The Morgan fingerprint density at radius 3 is 2.75 bits per heavy atom. The van der Waals surface area contributed by atoms with Crippen molar-refractivity contribution in [2.45, 2.75) is 13.0 Å². The lowest BCUT2D eigenvalue weighted by Gasteiger charge is -2.17. The van der Waals surface area contributed by atoms with Gasteiger partial charge in [-0.1, -0.05) is 12.1 Å². The van der Waals surface area contributed by atoms with Gasteiger partial charge in [-0.05, 0) is 24.7 Å². The quantitative estimate of drug-likeness (QED) is 0.837. The number of carbonyl (C=O) groups is 1. The number of carbonyl (C=O) groups excluding carboxylic acids is 1. The van der Waals surface area contributed by atoms with Gasteiger partial charge < -0.3 is 15.0 Å². The molecule has 20 heavy (non-hydrogen) atoms. The summed E-state index contributed by atoms with van der Waals surface area (Å²) in [7, 11) is 3.52. The molecule has 0 radical (unpaired) electrons. The lowest BCUT2D eigenvalue weighted by atomic mass is 10.1. The molecule has 0 heterocycles. The highest BCUT2D eigenvalue weighted by atomic mass is 35.5. The molecule has 0 fully saturated rings. The highest BCUT2D eigenvalue weighted by molar-refractivity contribution is 5.85. The number of rotatable bonds is 7. The summed E-state index contributed by atoms with van der Waals surface area (Å²) in [5.74, 6) is 0.00243. The number of nitrogens with one attached hydrogen (secondary N) is 1. The molecule has 0 aliphatic rings. The average molecular weight is 309 g/mol. The highest BCUT2D eigenvalue weighted by Gasteiger charge is 2.10. The van der Waals surface area contributed by atoms with Crippen molar-refractivity contribution < 1.29 is 18.3 Å². The number of halogens is 3. The fourth-order valence-corrected chi connectivity index (χ4v) is 1.55. The first-order valence-electron chi connectivity index (χ1n) is 5.95. The van der Waals surface area contributed by atoms with E-state index >= 15 is 0 Å². The summed E-state index contributed by atoms with van der Waals surface area (Å²) in [6, 6.07) is 6.19. The van der Waals surface area contributed by atoms with Gasteiger partial charge in [-0.25, -0.2) is 0 Å². The zero-order chi connectivity index (χ0) is 14.3. The van der Waals surface area contributed by atoms with Crippen LogP contribution in [0.1, 0.15) is 5.56 Å². The van der Waals surface area contributed by atoms with Crippen LogP contribution < -0.4 is 10.1 Å². The van der Waals surface area contributed by atoms with Crippen LogP contribution in [-0.2, 0) is 11.2 Å². The normalized spacial score (nSPS) is 10.1. The molecular formula is C13H19ClF2N2O2. The summed E-state index contributed by atoms with van der Waals surface area (Å²) in [6.07, 6.45) is 0.167.